The van der Waals surface area contributed by atoms with Crippen molar-refractivity contribution in [3.05, 3.63) is 46.8 Å². The van der Waals surface area contributed by atoms with Crippen LogP contribution >= 0.6 is 11.6 Å². The molecule has 0 amide bonds. The third-order valence-electron chi connectivity index (χ3n) is 2.58. The molecule has 2 aromatic rings. The maximum Gasteiger partial charge on any atom is 0.141 e. The first kappa shape index (κ1) is 13.0. The van der Waals surface area contributed by atoms with E-state index in [1.165, 1.54) is 18.5 Å². The molecule has 4 nitrogen and oxygen atoms in total. The van der Waals surface area contributed by atoms with Crippen LogP contribution in [0.15, 0.2) is 24.7 Å². The molecular formula is C12H13ClFN3O. The number of rotatable bonds is 3. The first-order valence-corrected chi connectivity index (χ1v) is 5.90. The lowest BCUT2D eigenvalue weighted by Gasteiger charge is -2.16. The van der Waals surface area contributed by atoms with E-state index in [0.29, 0.717) is 16.3 Å². The van der Waals surface area contributed by atoms with Gasteiger partial charge in [0.2, 0.25) is 0 Å². The second-order valence-electron chi connectivity index (χ2n) is 4.26. The molecule has 1 unspecified atom stereocenters. The molecule has 2 aromatic heterocycles. The molecule has 6 heteroatoms. The van der Waals surface area contributed by atoms with Gasteiger partial charge in [0, 0.05) is 17.8 Å². The maximum atomic E-state index is 13.1. The maximum absolute atomic E-state index is 13.1. The summed E-state index contributed by atoms with van der Waals surface area (Å²) in [4.78, 5) is 3.71. The molecule has 0 fully saturated rings. The van der Waals surface area contributed by atoms with Crippen molar-refractivity contribution in [2.75, 3.05) is 0 Å². The summed E-state index contributed by atoms with van der Waals surface area (Å²) >= 11 is 6.02. The number of aliphatic hydroxyl groups is 1. The number of nitrogens with zero attached hydrogens (tertiary/aromatic N) is 3. The number of hydrogen-bond donors (Lipinski definition) is 1. The summed E-state index contributed by atoms with van der Waals surface area (Å²) in [5.74, 6) is -0.502. The van der Waals surface area contributed by atoms with Gasteiger partial charge in [-0.25, -0.2) is 4.39 Å². The molecule has 0 saturated carbocycles. The van der Waals surface area contributed by atoms with E-state index in [0.717, 1.165) is 6.20 Å². The number of aromatic nitrogens is 3. The number of halogens is 2. The molecule has 1 N–H and O–H groups in total. The highest BCUT2D eigenvalue weighted by Gasteiger charge is 2.21. The molecule has 96 valence electrons. The predicted molar refractivity (Wildman–Crippen MR) is 65.9 cm³/mol. The third kappa shape index (κ3) is 2.37. The fourth-order valence-electron chi connectivity index (χ4n) is 1.75. The molecule has 2 rings (SSSR count). The quantitative estimate of drug-likeness (QED) is 0.932. The van der Waals surface area contributed by atoms with E-state index in [2.05, 4.69) is 10.1 Å². The zero-order valence-corrected chi connectivity index (χ0v) is 10.8. The summed E-state index contributed by atoms with van der Waals surface area (Å²) in [6.45, 7) is 3.84. The first-order chi connectivity index (χ1) is 8.50. The van der Waals surface area contributed by atoms with Gasteiger partial charge in [-0.15, -0.1) is 0 Å². The van der Waals surface area contributed by atoms with Crippen molar-refractivity contribution < 1.29 is 9.50 Å². The summed E-state index contributed by atoms with van der Waals surface area (Å²) in [5.41, 5.74) is 0.790. The summed E-state index contributed by atoms with van der Waals surface area (Å²) in [7, 11) is 0. The zero-order valence-electron chi connectivity index (χ0n) is 10.0. The Balaban J connectivity index is 2.45. The second-order valence-corrected chi connectivity index (χ2v) is 4.66. The summed E-state index contributed by atoms with van der Waals surface area (Å²) < 4.78 is 14.7. The van der Waals surface area contributed by atoms with Gasteiger partial charge in [0.25, 0.3) is 0 Å². The van der Waals surface area contributed by atoms with E-state index in [1.54, 1.807) is 4.68 Å². The van der Waals surface area contributed by atoms with E-state index in [4.69, 9.17) is 11.6 Å². The molecule has 0 saturated heterocycles. The van der Waals surface area contributed by atoms with E-state index in [9.17, 15) is 9.50 Å². The molecule has 18 heavy (non-hydrogen) atoms. The van der Waals surface area contributed by atoms with Gasteiger partial charge < -0.3 is 5.11 Å². The van der Waals surface area contributed by atoms with Crippen LogP contribution in [0.5, 0.6) is 0 Å². The van der Waals surface area contributed by atoms with Crippen LogP contribution in [-0.2, 0) is 0 Å². The highest BCUT2D eigenvalue weighted by molar-refractivity contribution is 6.31. The van der Waals surface area contributed by atoms with Crippen molar-refractivity contribution in [1.29, 1.82) is 0 Å². The highest BCUT2D eigenvalue weighted by atomic mass is 35.5. The van der Waals surface area contributed by atoms with Gasteiger partial charge >= 0.3 is 0 Å². The normalized spacial score (nSPS) is 13.0. The van der Waals surface area contributed by atoms with Crippen molar-refractivity contribution in [3.63, 3.8) is 0 Å². The molecule has 0 aliphatic heterocycles. The van der Waals surface area contributed by atoms with Crippen molar-refractivity contribution in [1.82, 2.24) is 14.8 Å². The van der Waals surface area contributed by atoms with E-state index in [1.807, 2.05) is 13.8 Å². The predicted octanol–water partition coefficient (Wildman–Crippen LogP) is 2.73. The van der Waals surface area contributed by atoms with Crippen molar-refractivity contribution in [2.24, 2.45) is 0 Å². The molecular weight excluding hydrogens is 257 g/mol. The number of hydrogen-bond acceptors (Lipinski definition) is 3. The second kappa shape index (κ2) is 5.04. The van der Waals surface area contributed by atoms with Gasteiger partial charge in [0.1, 0.15) is 11.9 Å². The van der Waals surface area contributed by atoms with Gasteiger partial charge in [-0.1, -0.05) is 11.6 Å². The van der Waals surface area contributed by atoms with Crippen LogP contribution in [0.25, 0.3) is 0 Å². The Morgan fingerprint density at radius 1 is 1.33 bits per heavy atom. The van der Waals surface area contributed by atoms with Crippen LogP contribution in [0.2, 0.25) is 5.02 Å². The summed E-state index contributed by atoms with van der Waals surface area (Å²) in [6.07, 6.45) is 2.90. The largest absolute Gasteiger partial charge is 0.382 e. The van der Waals surface area contributed by atoms with Crippen molar-refractivity contribution in [3.8, 4) is 0 Å². The summed E-state index contributed by atoms with van der Waals surface area (Å²) in [6, 6.07) is 1.27. The fourth-order valence-corrected chi connectivity index (χ4v) is 1.99. The first-order valence-electron chi connectivity index (χ1n) is 5.52. The number of pyridine rings is 1. The molecule has 2 heterocycles. The lowest BCUT2D eigenvalue weighted by molar-refractivity contribution is 0.204. The molecule has 0 spiro atoms. The minimum Gasteiger partial charge on any atom is -0.382 e. The van der Waals surface area contributed by atoms with Crippen LogP contribution in [0.3, 0.4) is 0 Å². The molecule has 0 radical (unpaired) electrons. The Morgan fingerprint density at radius 3 is 2.67 bits per heavy atom. The SMILES string of the molecule is CC(C)n1ncc(Cl)c1C(O)c1cncc(F)c1. The highest BCUT2D eigenvalue weighted by Crippen LogP contribution is 2.29. The number of aliphatic hydroxyl groups excluding tert-OH is 1. The Labute approximate surface area is 109 Å². The van der Waals surface area contributed by atoms with Gasteiger partial charge in [0.05, 0.1) is 23.1 Å². The smallest absolute Gasteiger partial charge is 0.141 e. The lowest BCUT2D eigenvalue weighted by Crippen LogP contribution is -2.13. The molecule has 1 atom stereocenters. The minimum absolute atomic E-state index is 0.0451. The fraction of sp³-hybridized carbons (Fsp3) is 0.333. The topological polar surface area (TPSA) is 50.9 Å². The van der Waals surface area contributed by atoms with Gasteiger partial charge in [-0.2, -0.15) is 5.10 Å². The monoisotopic (exact) mass is 269 g/mol. The van der Waals surface area contributed by atoms with E-state index >= 15 is 0 Å². The average Bonchev–Trinajstić information content (AvgIpc) is 2.70. The molecule has 0 bridgehead atoms. The minimum atomic E-state index is -1.05. The molecule has 0 aliphatic carbocycles. The van der Waals surface area contributed by atoms with Crippen LogP contribution in [0, 0.1) is 5.82 Å². The van der Waals surface area contributed by atoms with Crippen LogP contribution in [0.1, 0.15) is 37.3 Å². The zero-order chi connectivity index (χ0) is 13.3. The average molecular weight is 270 g/mol. The Bertz CT molecular complexity index is 556. The Morgan fingerprint density at radius 2 is 2.06 bits per heavy atom. The Kier molecular flexibility index (Phi) is 3.63. The van der Waals surface area contributed by atoms with Gasteiger partial charge in [0.15, 0.2) is 0 Å². The van der Waals surface area contributed by atoms with E-state index < -0.39 is 11.9 Å². The third-order valence-corrected chi connectivity index (χ3v) is 2.87. The van der Waals surface area contributed by atoms with Crippen LogP contribution in [0.4, 0.5) is 4.39 Å². The Hall–Kier alpha value is -1.46. The molecule has 0 aliphatic rings. The lowest BCUT2D eigenvalue weighted by atomic mass is 10.1. The van der Waals surface area contributed by atoms with Crippen molar-refractivity contribution in [2.45, 2.75) is 26.0 Å². The van der Waals surface area contributed by atoms with Gasteiger partial charge in [-0.3, -0.25) is 9.67 Å². The van der Waals surface area contributed by atoms with E-state index in [-0.39, 0.29) is 6.04 Å². The van der Waals surface area contributed by atoms with Gasteiger partial charge in [-0.05, 0) is 19.9 Å². The van der Waals surface area contributed by atoms with Crippen LogP contribution in [-0.4, -0.2) is 19.9 Å². The standard InChI is InChI=1S/C12H13ClFN3O/c1-7(2)17-11(10(13)6-16-17)12(18)8-3-9(14)5-15-4-8/h3-7,12,18H,1-2H3. The summed E-state index contributed by atoms with van der Waals surface area (Å²) in [5, 5.41) is 14.7. The molecule has 0 aromatic carbocycles. The van der Waals surface area contributed by atoms with Crippen molar-refractivity contribution >= 4 is 11.6 Å². The van der Waals surface area contributed by atoms with Crippen LogP contribution < -0.4 is 0 Å².